The summed E-state index contributed by atoms with van der Waals surface area (Å²) in [5.41, 5.74) is 1.36. The second-order valence-electron chi connectivity index (χ2n) is 6.64. The van der Waals surface area contributed by atoms with Gasteiger partial charge in [-0.15, -0.1) is 0 Å². The molecule has 8 heteroatoms. The molecule has 0 spiro atoms. The highest BCUT2D eigenvalue weighted by molar-refractivity contribution is 6.00. The van der Waals surface area contributed by atoms with Crippen LogP contribution in [0.1, 0.15) is 30.5 Å². The van der Waals surface area contributed by atoms with E-state index in [1.807, 2.05) is 18.2 Å². The van der Waals surface area contributed by atoms with E-state index >= 15 is 0 Å². The zero-order valence-corrected chi connectivity index (χ0v) is 15.3. The minimum Gasteiger partial charge on any atom is -0.497 e. The number of hydrogen-bond donors (Lipinski definition) is 1. The molecule has 0 aliphatic carbocycles. The Morgan fingerprint density at radius 3 is 3.07 bits per heavy atom. The van der Waals surface area contributed by atoms with Crippen molar-refractivity contribution < 1.29 is 14.1 Å². The third kappa shape index (κ3) is 3.55. The molecule has 4 rings (SSSR count). The number of aromatic nitrogens is 3. The number of likely N-dealkylation sites (tertiary alicyclic amines) is 1. The van der Waals surface area contributed by atoms with Gasteiger partial charge in [-0.05, 0) is 25.0 Å². The van der Waals surface area contributed by atoms with E-state index in [0.717, 1.165) is 23.7 Å². The number of benzene rings is 1. The number of anilines is 1. The Labute approximate surface area is 156 Å². The topological polar surface area (TPSA) is 93.4 Å². The van der Waals surface area contributed by atoms with Crippen LogP contribution in [0.4, 0.5) is 10.5 Å². The molecule has 1 N–H and O–H groups in total. The number of ether oxygens (including phenoxy) is 1. The molecular weight excluding hydrogens is 346 g/mol. The highest BCUT2D eigenvalue weighted by atomic mass is 16.5. The van der Waals surface area contributed by atoms with Crippen molar-refractivity contribution in [2.45, 2.75) is 25.7 Å². The Morgan fingerprint density at radius 2 is 2.30 bits per heavy atom. The molecule has 0 unspecified atom stereocenters. The molecule has 2 amide bonds. The van der Waals surface area contributed by atoms with Crippen LogP contribution in [0.5, 0.6) is 5.75 Å². The number of pyridine rings is 1. The first-order chi connectivity index (χ1) is 13.1. The number of carbonyl (C=O) groups is 1. The lowest BCUT2D eigenvalue weighted by atomic mass is 9.97. The van der Waals surface area contributed by atoms with Crippen molar-refractivity contribution in [1.82, 2.24) is 20.0 Å². The summed E-state index contributed by atoms with van der Waals surface area (Å²) in [6, 6.07) is 7.32. The van der Waals surface area contributed by atoms with Crippen LogP contribution in [-0.2, 0) is 0 Å². The zero-order valence-electron chi connectivity index (χ0n) is 15.3. The molecular formula is C19H21N5O3. The largest absolute Gasteiger partial charge is 0.497 e. The van der Waals surface area contributed by atoms with E-state index in [4.69, 9.17) is 9.26 Å². The Balaban J connectivity index is 1.54. The molecule has 27 heavy (non-hydrogen) atoms. The summed E-state index contributed by atoms with van der Waals surface area (Å²) >= 11 is 0. The van der Waals surface area contributed by atoms with Crippen LogP contribution >= 0.6 is 0 Å². The molecule has 0 radical (unpaired) electrons. The predicted molar refractivity (Wildman–Crippen MR) is 99.9 cm³/mol. The fourth-order valence-electron chi connectivity index (χ4n) is 3.43. The van der Waals surface area contributed by atoms with Gasteiger partial charge < -0.3 is 19.5 Å². The van der Waals surface area contributed by atoms with Crippen molar-refractivity contribution >= 4 is 22.6 Å². The van der Waals surface area contributed by atoms with Gasteiger partial charge in [-0.25, -0.2) is 4.79 Å². The van der Waals surface area contributed by atoms with Gasteiger partial charge in [0.15, 0.2) is 5.82 Å². The van der Waals surface area contributed by atoms with Crippen LogP contribution in [0.2, 0.25) is 0 Å². The van der Waals surface area contributed by atoms with Crippen LogP contribution in [0.3, 0.4) is 0 Å². The minimum absolute atomic E-state index is 0.0853. The second-order valence-corrected chi connectivity index (χ2v) is 6.64. The molecule has 3 aromatic rings. The zero-order chi connectivity index (χ0) is 18.8. The number of rotatable bonds is 3. The van der Waals surface area contributed by atoms with Gasteiger partial charge >= 0.3 is 6.03 Å². The van der Waals surface area contributed by atoms with Gasteiger partial charge in [0.1, 0.15) is 5.75 Å². The van der Waals surface area contributed by atoms with E-state index < -0.39 is 0 Å². The molecule has 1 aromatic carbocycles. The number of urea groups is 1. The summed E-state index contributed by atoms with van der Waals surface area (Å²) in [5, 5.41) is 7.90. The first kappa shape index (κ1) is 17.3. The van der Waals surface area contributed by atoms with Gasteiger partial charge in [0.2, 0.25) is 5.89 Å². The molecule has 0 bridgehead atoms. The molecule has 1 aliphatic rings. The summed E-state index contributed by atoms with van der Waals surface area (Å²) in [4.78, 5) is 23.4. The van der Waals surface area contributed by atoms with Crippen molar-refractivity contribution in [1.29, 1.82) is 0 Å². The molecule has 1 saturated heterocycles. The number of fused-ring (bicyclic) bond motifs is 1. The molecule has 3 heterocycles. The van der Waals surface area contributed by atoms with Crippen molar-refractivity contribution in [3.05, 3.63) is 42.2 Å². The van der Waals surface area contributed by atoms with E-state index in [9.17, 15) is 4.79 Å². The van der Waals surface area contributed by atoms with Crippen LogP contribution in [0.15, 0.2) is 35.0 Å². The highest BCUT2D eigenvalue weighted by Crippen LogP contribution is 2.29. The van der Waals surface area contributed by atoms with Crippen LogP contribution in [0, 0.1) is 6.92 Å². The third-order valence-electron chi connectivity index (χ3n) is 4.77. The molecule has 0 saturated carbocycles. The first-order valence-corrected chi connectivity index (χ1v) is 8.93. The summed E-state index contributed by atoms with van der Waals surface area (Å²) in [7, 11) is 1.60. The van der Waals surface area contributed by atoms with Gasteiger partial charge in [0.05, 0.1) is 18.3 Å². The summed E-state index contributed by atoms with van der Waals surface area (Å²) in [6.07, 6.45) is 3.54. The smallest absolute Gasteiger partial charge is 0.321 e. The predicted octanol–water partition coefficient (Wildman–Crippen LogP) is 3.35. The number of amides is 2. The average molecular weight is 367 g/mol. The molecule has 1 fully saturated rings. The van der Waals surface area contributed by atoms with Gasteiger partial charge in [0.25, 0.3) is 0 Å². The lowest BCUT2D eigenvalue weighted by Gasteiger charge is -2.31. The summed E-state index contributed by atoms with van der Waals surface area (Å²) < 4.78 is 10.4. The lowest BCUT2D eigenvalue weighted by molar-refractivity contribution is 0.190. The number of carbonyl (C=O) groups excluding carboxylic acids is 1. The van der Waals surface area contributed by atoms with E-state index in [-0.39, 0.29) is 11.9 Å². The lowest BCUT2D eigenvalue weighted by Crippen LogP contribution is -2.41. The Morgan fingerprint density at radius 1 is 1.41 bits per heavy atom. The third-order valence-corrected chi connectivity index (χ3v) is 4.77. The average Bonchev–Trinajstić information content (AvgIpc) is 3.14. The van der Waals surface area contributed by atoms with E-state index in [1.165, 1.54) is 0 Å². The van der Waals surface area contributed by atoms with Gasteiger partial charge in [-0.3, -0.25) is 4.98 Å². The van der Waals surface area contributed by atoms with E-state index in [1.54, 1.807) is 31.2 Å². The number of nitrogens with zero attached hydrogens (tertiary/aromatic N) is 4. The van der Waals surface area contributed by atoms with E-state index in [2.05, 4.69) is 20.4 Å². The van der Waals surface area contributed by atoms with Crippen molar-refractivity contribution in [2.75, 3.05) is 25.5 Å². The Bertz CT molecular complexity index is 971. The standard InChI is InChI=1S/C19H21N5O3/c1-12-21-18(23-27-12)14-6-4-8-24(11-14)19(25)22-16-10-15(26-2)9-13-5-3-7-20-17(13)16/h3,5,7,9-10,14H,4,6,8,11H2,1-2H3,(H,22,25)/t14-/m1/s1. The minimum atomic E-state index is -0.167. The molecule has 1 atom stereocenters. The first-order valence-electron chi connectivity index (χ1n) is 8.93. The maximum atomic E-state index is 12.9. The maximum absolute atomic E-state index is 12.9. The molecule has 1 aliphatic heterocycles. The van der Waals surface area contributed by atoms with Crippen molar-refractivity contribution in [2.24, 2.45) is 0 Å². The number of aryl methyl sites for hydroxylation is 1. The maximum Gasteiger partial charge on any atom is 0.321 e. The number of hydrogen-bond acceptors (Lipinski definition) is 6. The highest BCUT2D eigenvalue weighted by Gasteiger charge is 2.28. The van der Waals surface area contributed by atoms with Crippen molar-refractivity contribution in [3.8, 4) is 5.75 Å². The number of nitrogens with one attached hydrogen (secondary N) is 1. The van der Waals surface area contributed by atoms with Gasteiger partial charge in [0, 0.05) is 43.6 Å². The van der Waals surface area contributed by atoms with Crippen molar-refractivity contribution in [3.63, 3.8) is 0 Å². The fourth-order valence-corrected chi connectivity index (χ4v) is 3.43. The molecule has 140 valence electrons. The SMILES string of the molecule is COc1cc(NC(=O)N2CCC[C@@H](c3noc(C)n3)C2)c2ncccc2c1. The fraction of sp³-hybridized carbons (Fsp3) is 0.368. The quantitative estimate of drug-likeness (QED) is 0.763. The number of piperidine rings is 1. The normalized spacial score (nSPS) is 17.1. The van der Waals surface area contributed by atoms with Crippen LogP contribution in [0.25, 0.3) is 10.9 Å². The summed E-state index contributed by atoms with van der Waals surface area (Å²) in [5.74, 6) is 1.96. The second kappa shape index (κ2) is 7.22. The summed E-state index contributed by atoms with van der Waals surface area (Å²) in [6.45, 7) is 3.01. The van der Waals surface area contributed by atoms with Gasteiger partial charge in [-0.1, -0.05) is 11.2 Å². The molecule has 2 aromatic heterocycles. The molecule has 8 nitrogen and oxygen atoms in total. The monoisotopic (exact) mass is 367 g/mol. The van der Waals surface area contributed by atoms with Gasteiger partial charge in [-0.2, -0.15) is 4.98 Å². The number of methoxy groups -OCH3 is 1. The Kier molecular flexibility index (Phi) is 4.62. The van der Waals surface area contributed by atoms with Crippen LogP contribution < -0.4 is 10.1 Å². The Hall–Kier alpha value is -3.16. The van der Waals surface area contributed by atoms with E-state index in [0.29, 0.717) is 36.2 Å². The van der Waals surface area contributed by atoms with Crippen LogP contribution in [-0.4, -0.2) is 46.3 Å².